The third-order valence-electron chi connectivity index (χ3n) is 5.19. The minimum atomic E-state index is -0.202. The van der Waals surface area contributed by atoms with Gasteiger partial charge in [-0.25, -0.2) is 0 Å². The van der Waals surface area contributed by atoms with Crippen molar-refractivity contribution in [2.24, 2.45) is 28.8 Å². The molecule has 2 aliphatic carbocycles. The number of benzene rings is 1. The van der Waals surface area contributed by atoms with Gasteiger partial charge in [-0.2, -0.15) is 10.1 Å². The molecule has 1 aromatic rings. The van der Waals surface area contributed by atoms with Gasteiger partial charge in [0.15, 0.2) is 0 Å². The molecule has 0 aromatic heterocycles. The Labute approximate surface area is 134 Å². The highest BCUT2D eigenvalue weighted by Gasteiger charge is 2.59. The van der Waals surface area contributed by atoms with Gasteiger partial charge in [-0.3, -0.25) is 9.59 Å². The summed E-state index contributed by atoms with van der Waals surface area (Å²) in [6, 6.07) is 5.62. The number of hydrogen-bond acceptors (Lipinski definition) is 4. The van der Waals surface area contributed by atoms with E-state index in [1.807, 2.05) is 25.1 Å². The molecule has 2 fully saturated rings. The van der Waals surface area contributed by atoms with E-state index in [1.165, 1.54) is 0 Å². The molecule has 4 unspecified atom stereocenters. The first-order valence-corrected chi connectivity index (χ1v) is 7.85. The number of rotatable bonds is 3. The Hall–Kier alpha value is -2.43. The predicted octanol–water partition coefficient (Wildman–Crippen LogP) is 2.14. The molecule has 5 nitrogen and oxygen atoms in total. The summed E-state index contributed by atoms with van der Waals surface area (Å²) >= 11 is 0. The molecule has 3 aliphatic rings. The molecule has 4 rings (SSSR count). The summed E-state index contributed by atoms with van der Waals surface area (Å²) in [5.41, 5.74) is 1.82. The molecule has 23 heavy (non-hydrogen) atoms. The highest BCUT2D eigenvalue weighted by atomic mass is 16.5. The van der Waals surface area contributed by atoms with E-state index in [4.69, 9.17) is 4.74 Å². The molecule has 118 valence electrons. The molecule has 0 spiro atoms. The van der Waals surface area contributed by atoms with Gasteiger partial charge >= 0.3 is 0 Å². The lowest BCUT2D eigenvalue weighted by Gasteiger charge is -2.13. The second-order valence-electron chi connectivity index (χ2n) is 6.46. The fraction of sp³-hybridized carbons (Fsp3) is 0.389. The number of aryl methyl sites for hydroxylation is 1. The lowest BCUT2D eigenvalue weighted by Crippen LogP contribution is -2.28. The van der Waals surface area contributed by atoms with E-state index in [9.17, 15) is 9.59 Å². The van der Waals surface area contributed by atoms with Crippen molar-refractivity contribution in [3.05, 3.63) is 41.5 Å². The standard InChI is InChI=1S/C18H18N2O3/c1-10-7-11(3-6-14(10)23-2)9-19-20-17(21)15-12-4-5-13(8-12)16(15)18(20)22/h3-7,9,12-13,15-16H,8H2,1-2H3. The highest BCUT2D eigenvalue weighted by Crippen LogP contribution is 2.52. The van der Waals surface area contributed by atoms with Crippen LogP contribution in [0.25, 0.3) is 0 Å². The zero-order chi connectivity index (χ0) is 16.1. The Balaban J connectivity index is 1.57. The SMILES string of the molecule is COc1ccc(C=NN2C(=O)C3C4C=CC(C4)C3C2=O)cc1C. The second-order valence-corrected chi connectivity index (χ2v) is 6.46. The molecule has 5 heteroatoms. The van der Waals surface area contributed by atoms with Crippen molar-refractivity contribution in [3.63, 3.8) is 0 Å². The first kappa shape index (κ1) is 14.2. The molecule has 0 N–H and O–H groups in total. The summed E-state index contributed by atoms with van der Waals surface area (Å²) < 4.78 is 5.22. The summed E-state index contributed by atoms with van der Waals surface area (Å²) in [5, 5.41) is 5.24. The summed E-state index contributed by atoms with van der Waals surface area (Å²) in [4.78, 5) is 25.0. The summed E-state index contributed by atoms with van der Waals surface area (Å²) in [7, 11) is 1.62. The molecule has 1 aromatic carbocycles. The molecule has 1 saturated carbocycles. The topological polar surface area (TPSA) is 59.0 Å². The van der Waals surface area contributed by atoms with Gasteiger partial charge in [0, 0.05) is 0 Å². The van der Waals surface area contributed by atoms with Crippen molar-refractivity contribution < 1.29 is 14.3 Å². The predicted molar refractivity (Wildman–Crippen MR) is 84.9 cm³/mol. The molecule has 1 saturated heterocycles. The normalized spacial score (nSPS) is 31.5. The fourth-order valence-corrected chi connectivity index (χ4v) is 4.11. The lowest BCUT2D eigenvalue weighted by molar-refractivity contribution is -0.140. The van der Waals surface area contributed by atoms with Gasteiger partial charge < -0.3 is 4.74 Å². The van der Waals surface area contributed by atoms with E-state index < -0.39 is 0 Å². The van der Waals surface area contributed by atoms with E-state index in [0.29, 0.717) is 0 Å². The van der Waals surface area contributed by atoms with E-state index in [1.54, 1.807) is 13.3 Å². The first-order valence-electron chi connectivity index (χ1n) is 7.85. The zero-order valence-electron chi connectivity index (χ0n) is 13.1. The Morgan fingerprint density at radius 3 is 2.39 bits per heavy atom. The van der Waals surface area contributed by atoms with Gasteiger partial charge in [-0.05, 0) is 54.5 Å². The molecule has 4 atom stereocenters. The molecule has 0 radical (unpaired) electrons. The van der Waals surface area contributed by atoms with Gasteiger partial charge in [-0.1, -0.05) is 12.2 Å². The van der Waals surface area contributed by atoms with Crippen LogP contribution in [0.4, 0.5) is 0 Å². The van der Waals surface area contributed by atoms with E-state index in [2.05, 4.69) is 17.3 Å². The number of methoxy groups -OCH3 is 1. The first-order chi connectivity index (χ1) is 11.1. The lowest BCUT2D eigenvalue weighted by atomic mass is 9.85. The van der Waals surface area contributed by atoms with Gasteiger partial charge in [0.1, 0.15) is 5.75 Å². The third-order valence-corrected chi connectivity index (χ3v) is 5.19. The van der Waals surface area contributed by atoms with Gasteiger partial charge in [-0.15, -0.1) is 0 Å². The van der Waals surface area contributed by atoms with Crippen LogP contribution in [0.5, 0.6) is 5.75 Å². The van der Waals surface area contributed by atoms with Crippen molar-refractivity contribution >= 4 is 18.0 Å². The molecular formula is C18H18N2O3. The van der Waals surface area contributed by atoms with Crippen molar-refractivity contribution in [2.75, 3.05) is 7.11 Å². The fourth-order valence-electron chi connectivity index (χ4n) is 4.11. The maximum atomic E-state index is 12.5. The quantitative estimate of drug-likeness (QED) is 0.488. The number of nitrogens with zero attached hydrogens (tertiary/aromatic N) is 2. The second kappa shape index (κ2) is 5.05. The summed E-state index contributed by atoms with van der Waals surface area (Å²) in [5.74, 6) is 0.513. The van der Waals surface area contributed by atoms with E-state index >= 15 is 0 Å². The third kappa shape index (κ3) is 2.03. The van der Waals surface area contributed by atoms with Gasteiger partial charge in [0.2, 0.25) is 0 Å². The maximum absolute atomic E-state index is 12.5. The average molecular weight is 310 g/mol. The van der Waals surface area contributed by atoms with Crippen molar-refractivity contribution in [1.82, 2.24) is 5.01 Å². The highest BCUT2D eigenvalue weighted by molar-refractivity contribution is 6.06. The Bertz CT molecular complexity index is 723. The minimum Gasteiger partial charge on any atom is -0.496 e. The van der Waals surface area contributed by atoms with Crippen molar-refractivity contribution in [2.45, 2.75) is 13.3 Å². The molecule has 2 amide bonds. The van der Waals surface area contributed by atoms with E-state index in [-0.39, 0.29) is 35.5 Å². The van der Waals surface area contributed by atoms with E-state index in [0.717, 1.165) is 28.3 Å². The van der Waals surface area contributed by atoms with Crippen LogP contribution in [0.1, 0.15) is 17.5 Å². The Morgan fingerprint density at radius 1 is 1.17 bits per heavy atom. The van der Waals surface area contributed by atoms with Crippen LogP contribution in [0.15, 0.2) is 35.5 Å². The Morgan fingerprint density at radius 2 is 1.83 bits per heavy atom. The minimum absolute atomic E-state index is 0.154. The smallest absolute Gasteiger partial charge is 0.254 e. The number of hydrazone groups is 1. The number of fused-ring (bicyclic) bond motifs is 5. The Kier molecular flexibility index (Phi) is 3.11. The maximum Gasteiger partial charge on any atom is 0.254 e. The number of carbonyl (C=O) groups is 2. The van der Waals surface area contributed by atoms with Crippen LogP contribution < -0.4 is 4.74 Å². The molecule has 1 heterocycles. The van der Waals surface area contributed by atoms with Crippen LogP contribution in [-0.4, -0.2) is 30.1 Å². The number of allylic oxidation sites excluding steroid dienone is 2. The number of imide groups is 1. The van der Waals surface area contributed by atoms with Crippen molar-refractivity contribution in [3.8, 4) is 5.75 Å². The summed E-state index contributed by atoms with van der Waals surface area (Å²) in [6.45, 7) is 1.94. The van der Waals surface area contributed by atoms with Crippen LogP contribution in [0.2, 0.25) is 0 Å². The largest absolute Gasteiger partial charge is 0.496 e. The number of amides is 2. The van der Waals surface area contributed by atoms with Gasteiger partial charge in [0.05, 0.1) is 25.2 Å². The van der Waals surface area contributed by atoms with Crippen LogP contribution in [-0.2, 0) is 9.59 Å². The monoisotopic (exact) mass is 310 g/mol. The van der Waals surface area contributed by atoms with Gasteiger partial charge in [0.25, 0.3) is 11.8 Å². The van der Waals surface area contributed by atoms with Crippen LogP contribution in [0.3, 0.4) is 0 Å². The molecular weight excluding hydrogens is 292 g/mol. The number of carbonyl (C=O) groups excluding carboxylic acids is 2. The molecule has 1 aliphatic heterocycles. The van der Waals surface area contributed by atoms with Crippen molar-refractivity contribution in [1.29, 1.82) is 0 Å². The molecule has 2 bridgehead atoms. The average Bonchev–Trinajstić information content (AvgIpc) is 3.21. The van der Waals surface area contributed by atoms with Crippen LogP contribution >= 0.6 is 0 Å². The van der Waals surface area contributed by atoms with Crippen LogP contribution in [0, 0.1) is 30.6 Å². The zero-order valence-corrected chi connectivity index (χ0v) is 13.1. The number of hydrogen-bond donors (Lipinski definition) is 0. The number of ether oxygens (including phenoxy) is 1. The summed E-state index contributed by atoms with van der Waals surface area (Å²) in [6.07, 6.45) is 6.66.